The fourth-order valence-electron chi connectivity index (χ4n) is 7.85. The van der Waals surface area contributed by atoms with Crippen molar-refractivity contribution in [3.63, 3.8) is 0 Å². The van der Waals surface area contributed by atoms with E-state index < -0.39 is 21.3 Å². The zero-order chi connectivity index (χ0) is 23.0. The predicted octanol–water partition coefficient (Wildman–Crippen LogP) is 8.43. The van der Waals surface area contributed by atoms with Crippen LogP contribution in [0.25, 0.3) is 22.3 Å². The van der Waals surface area contributed by atoms with Crippen molar-refractivity contribution in [1.29, 1.82) is 0 Å². The molecule has 4 aromatic rings. The summed E-state index contributed by atoms with van der Waals surface area (Å²) in [4.78, 5) is 0. The van der Waals surface area contributed by atoms with Crippen LogP contribution in [0.2, 0.25) is 31.2 Å². The Kier molecular flexibility index (Phi) is 4.54. The van der Waals surface area contributed by atoms with E-state index >= 15 is 0 Å². The van der Waals surface area contributed by atoms with Crippen molar-refractivity contribution >= 4 is 21.3 Å². The zero-order valence-corrected chi connectivity index (χ0v) is 23.4. The monoisotopic (exact) mass is 506 g/mol. The summed E-state index contributed by atoms with van der Waals surface area (Å²) in [6, 6.07) is 37.3. The average molecular weight is 505 g/mol. The first-order valence-electron chi connectivity index (χ1n) is 12.2. The molecule has 2 aliphatic rings. The van der Waals surface area contributed by atoms with Gasteiger partial charge in [-0.3, -0.25) is 0 Å². The van der Waals surface area contributed by atoms with E-state index in [0.29, 0.717) is 4.75 Å². The standard InChI is InChI=1S/C31H32GeSi/c1-32(2,30-26-18-8-6-14-22(26)23-15-7-9-19-27(23)30)31(33(3,4)5)28-20-12-10-16-24(28)25-17-11-13-21-29(25)31/h6-21,30H,1-5H3. The van der Waals surface area contributed by atoms with Crippen LogP contribution in [-0.4, -0.2) is 21.3 Å². The van der Waals surface area contributed by atoms with E-state index in [1.54, 1.807) is 22.3 Å². The second-order valence-corrected chi connectivity index (χ2v) is 27.7. The van der Waals surface area contributed by atoms with E-state index in [2.05, 4.69) is 128 Å². The molecule has 2 aliphatic carbocycles. The zero-order valence-electron chi connectivity index (χ0n) is 20.3. The average Bonchev–Trinajstić information content (AvgIpc) is 3.31. The molecule has 0 saturated carbocycles. The summed E-state index contributed by atoms with van der Waals surface area (Å²) in [5.74, 6) is 5.50. The van der Waals surface area contributed by atoms with E-state index in [9.17, 15) is 0 Å². The van der Waals surface area contributed by atoms with Crippen molar-refractivity contribution in [1.82, 2.24) is 0 Å². The molecule has 0 heterocycles. The Morgan fingerprint density at radius 1 is 0.545 bits per heavy atom. The predicted molar refractivity (Wildman–Crippen MR) is 147 cm³/mol. The van der Waals surface area contributed by atoms with E-state index in [4.69, 9.17) is 0 Å². The maximum absolute atomic E-state index is 2.78. The van der Waals surface area contributed by atoms with Gasteiger partial charge in [-0.25, -0.2) is 0 Å². The molecule has 4 aromatic carbocycles. The molecular weight excluding hydrogens is 473 g/mol. The van der Waals surface area contributed by atoms with Gasteiger partial charge in [-0.05, 0) is 0 Å². The summed E-state index contributed by atoms with van der Waals surface area (Å²) < 4.78 is 0.707. The second kappa shape index (κ2) is 7.07. The molecule has 0 radical (unpaired) electrons. The van der Waals surface area contributed by atoms with Crippen molar-refractivity contribution < 1.29 is 0 Å². The van der Waals surface area contributed by atoms with Crippen LogP contribution < -0.4 is 0 Å². The van der Waals surface area contributed by atoms with Gasteiger partial charge in [0, 0.05) is 0 Å². The van der Waals surface area contributed by atoms with Gasteiger partial charge >= 0.3 is 203 Å². The summed E-state index contributed by atoms with van der Waals surface area (Å²) >= 11 is -2.78. The van der Waals surface area contributed by atoms with E-state index in [1.807, 2.05) is 0 Å². The molecule has 6 rings (SSSR count). The van der Waals surface area contributed by atoms with Gasteiger partial charge in [-0.1, -0.05) is 0 Å². The molecule has 164 valence electrons. The fraction of sp³-hybridized carbons (Fsp3) is 0.226. The summed E-state index contributed by atoms with van der Waals surface area (Å²) in [6.45, 7) is 7.89. The van der Waals surface area contributed by atoms with Crippen molar-refractivity contribution in [3.8, 4) is 22.3 Å². The van der Waals surface area contributed by atoms with Gasteiger partial charge in [0.15, 0.2) is 0 Å². The molecule has 0 nitrogen and oxygen atoms in total. The van der Waals surface area contributed by atoms with E-state index in [0.717, 1.165) is 0 Å². The first-order valence-corrected chi connectivity index (χ1v) is 22.1. The second-order valence-electron chi connectivity index (χ2n) is 11.4. The van der Waals surface area contributed by atoms with Gasteiger partial charge in [0.2, 0.25) is 0 Å². The molecule has 33 heavy (non-hydrogen) atoms. The molecule has 2 heteroatoms. The van der Waals surface area contributed by atoms with Crippen molar-refractivity contribution in [2.45, 2.75) is 39.8 Å². The van der Waals surface area contributed by atoms with Gasteiger partial charge in [-0.15, -0.1) is 0 Å². The quantitative estimate of drug-likeness (QED) is 0.245. The Morgan fingerprint density at radius 3 is 1.33 bits per heavy atom. The van der Waals surface area contributed by atoms with E-state index in [1.165, 1.54) is 22.3 Å². The van der Waals surface area contributed by atoms with Gasteiger partial charge in [-0.2, -0.15) is 0 Å². The molecule has 0 saturated heterocycles. The normalized spacial score (nSPS) is 16.2. The van der Waals surface area contributed by atoms with Gasteiger partial charge in [0.05, 0.1) is 0 Å². The SMILES string of the molecule is C[Si](C)(C)[C]1([Ge]([CH3])([CH3])[CH]2c3ccccc3-c3ccccc32)c2ccccc2-c2ccccc21. The number of rotatable bonds is 3. The van der Waals surface area contributed by atoms with Crippen LogP contribution in [0.1, 0.15) is 27.0 Å². The van der Waals surface area contributed by atoms with Crippen LogP contribution in [-0.2, 0) is 3.87 Å². The maximum atomic E-state index is 2.75. The molecule has 0 aromatic heterocycles. The molecular formula is C31H32GeSi. The molecule has 0 unspecified atom stereocenters. The number of hydrogen-bond acceptors (Lipinski definition) is 0. The minimum atomic E-state index is -2.78. The Labute approximate surface area is 202 Å². The third-order valence-electron chi connectivity index (χ3n) is 8.60. The topological polar surface area (TPSA) is 0 Å². The molecule has 0 spiro atoms. The Bertz CT molecular complexity index is 1300. The summed E-state index contributed by atoms with van der Waals surface area (Å²) in [5.41, 5.74) is 12.3. The Morgan fingerprint density at radius 2 is 0.909 bits per heavy atom. The van der Waals surface area contributed by atoms with Crippen molar-refractivity contribution in [3.05, 3.63) is 119 Å². The number of fused-ring (bicyclic) bond motifs is 6. The molecule has 0 bridgehead atoms. The van der Waals surface area contributed by atoms with Crippen LogP contribution in [0.3, 0.4) is 0 Å². The van der Waals surface area contributed by atoms with Gasteiger partial charge in [0.1, 0.15) is 0 Å². The summed E-state index contributed by atoms with van der Waals surface area (Å²) in [6.07, 6.45) is 0. The molecule has 0 aliphatic heterocycles. The van der Waals surface area contributed by atoms with Crippen LogP contribution >= 0.6 is 0 Å². The summed E-state index contributed by atoms with van der Waals surface area (Å²) in [7, 11) is -1.74. The van der Waals surface area contributed by atoms with Crippen LogP contribution in [0, 0.1) is 0 Å². The fourth-order valence-corrected chi connectivity index (χ4v) is 33.8. The van der Waals surface area contributed by atoms with Gasteiger partial charge in [0.25, 0.3) is 0 Å². The van der Waals surface area contributed by atoms with Crippen molar-refractivity contribution in [2.24, 2.45) is 0 Å². The Balaban J connectivity index is 1.73. The minimum absolute atomic E-state index is 0.176. The third-order valence-corrected chi connectivity index (χ3v) is 29.0. The number of hydrogen-bond donors (Lipinski definition) is 0. The Hall–Kier alpha value is -2.36. The third kappa shape index (κ3) is 2.58. The molecule has 0 atom stereocenters. The number of benzene rings is 4. The first kappa shape index (κ1) is 21.2. The van der Waals surface area contributed by atoms with E-state index in [-0.39, 0.29) is 3.87 Å². The van der Waals surface area contributed by atoms with Crippen LogP contribution in [0.15, 0.2) is 97.1 Å². The first-order chi connectivity index (χ1) is 15.8. The molecule has 0 amide bonds. The summed E-state index contributed by atoms with van der Waals surface area (Å²) in [5, 5.41) is 0. The van der Waals surface area contributed by atoms with Crippen molar-refractivity contribution in [2.75, 3.05) is 0 Å². The van der Waals surface area contributed by atoms with Crippen LogP contribution in [0.4, 0.5) is 0 Å². The van der Waals surface area contributed by atoms with Gasteiger partial charge < -0.3 is 0 Å². The molecule has 0 N–H and O–H groups in total. The molecule has 0 fully saturated rings. The van der Waals surface area contributed by atoms with Crippen LogP contribution in [0.5, 0.6) is 0 Å².